The van der Waals surface area contributed by atoms with Gasteiger partial charge in [0, 0.05) is 0 Å². The number of aromatic nitrogens is 2. The summed E-state index contributed by atoms with van der Waals surface area (Å²) in [5, 5.41) is 0. The van der Waals surface area contributed by atoms with Gasteiger partial charge in [-0.3, -0.25) is 0 Å². The third-order valence-electron chi connectivity index (χ3n) is 1.88. The van der Waals surface area contributed by atoms with Crippen molar-refractivity contribution in [3.05, 3.63) is 42.5 Å². The lowest BCUT2D eigenvalue weighted by Crippen LogP contribution is -1.97. The summed E-state index contributed by atoms with van der Waals surface area (Å²) in [6.45, 7) is 0. The van der Waals surface area contributed by atoms with Crippen molar-refractivity contribution in [2.75, 3.05) is 7.11 Å². The van der Waals surface area contributed by atoms with Gasteiger partial charge in [-0.2, -0.15) is 14.4 Å². The number of para-hydroxylation sites is 1. The molecule has 0 saturated carbocycles. The molecular weight excluding hydrogens is 211 g/mol. The highest BCUT2D eigenvalue weighted by molar-refractivity contribution is 5.29. The molecule has 0 radical (unpaired) electrons. The van der Waals surface area contributed by atoms with Crippen molar-refractivity contribution in [2.24, 2.45) is 0 Å². The second-order valence-corrected chi connectivity index (χ2v) is 2.92. The van der Waals surface area contributed by atoms with Crippen LogP contribution in [0, 0.1) is 5.82 Å². The maximum atomic E-state index is 13.6. The lowest BCUT2D eigenvalue weighted by atomic mass is 10.3. The summed E-state index contributed by atoms with van der Waals surface area (Å²) in [5.74, 6) is -0.505. The first-order valence-electron chi connectivity index (χ1n) is 4.58. The first-order chi connectivity index (χ1) is 7.81. The molecule has 0 amide bonds. The topological polar surface area (TPSA) is 44.2 Å². The Morgan fingerprint density at radius 2 is 1.75 bits per heavy atom. The highest BCUT2D eigenvalue weighted by atomic mass is 19.1. The molecule has 0 N–H and O–H groups in total. The van der Waals surface area contributed by atoms with Gasteiger partial charge in [-0.05, 0) is 12.1 Å². The molecule has 0 saturated heterocycles. The Balaban J connectivity index is 2.28. The molecule has 4 nitrogen and oxygen atoms in total. The van der Waals surface area contributed by atoms with E-state index in [1.165, 1.54) is 13.4 Å². The molecule has 0 spiro atoms. The first-order valence-corrected chi connectivity index (χ1v) is 4.58. The van der Waals surface area contributed by atoms with Crippen LogP contribution in [-0.4, -0.2) is 17.1 Å². The number of hydrogen-bond donors (Lipinski definition) is 0. The van der Waals surface area contributed by atoms with E-state index in [9.17, 15) is 4.39 Å². The predicted molar refractivity (Wildman–Crippen MR) is 55.1 cm³/mol. The van der Waals surface area contributed by atoms with E-state index in [0.29, 0.717) is 5.75 Å². The Hall–Kier alpha value is -2.17. The van der Waals surface area contributed by atoms with Crippen molar-refractivity contribution in [3.8, 4) is 17.5 Å². The minimum absolute atomic E-state index is 0.138. The van der Waals surface area contributed by atoms with Gasteiger partial charge in [0.2, 0.25) is 5.82 Å². The molecular formula is C11H9FN2O2. The number of halogens is 1. The van der Waals surface area contributed by atoms with E-state index >= 15 is 0 Å². The smallest absolute Gasteiger partial charge is 0.263 e. The lowest BCUT2D eigenvalue weighted by Gasteiger charge is -2.06. The fourth-order valence-corrected chi connectivity index (χ4v) is 1.15. The fraction of sp³-hybridized carbons (Fsp3) is 0.0909. The largest absolute Gasteiger partial charge is 0.479 e. The lowest BCUT2D eigenvalue weighted by molar-refractivity contribution is 0.345. The summed E-state index contributed by atoms with van der Waals surface area (Å²) < 4.78 is 23.5. The van der Waals surface area contributed by atoms with Gasteiger partial charge in [0.25, 0.3) is 11.8 Å². The minimum atomic E-state index is -0.714. The van der Waals surface area contributed by atoms with Crippen molar-refractivity contribution in [1.29, 1.82) is 0 Å². The maximum Gasteiger partial charge on any atom is 0.263 e. The van der Waals surface area contributed by atoms with Crippen LogP contribution in [-0.2, 0) is 0 Å². The summed E-state index contributed by atoms with van der Waals surface area (Å²) in [7, 11) is 1.33. The standard InChI is InChI=1S/C11H9FN2O2/c1-15-10-9(12)11(14-7-13-10)16-8-5-3-2-4-6-8/h2-7H,1H3. The second-order valence-electron chi connectivity index (χ2n) is 2.92. The highest BCUT2D eigenvalue weighted by Gasteiger charge is 2.13. The third-order valence-corrected chi connectivity index (χ3v) is 1.88. The van der Waals surface area contributed by atoms with E-state index in [1.54, 1.807) is 24.3 Å². The quantitative estimate of drug-likeness (QED) is 0.796. The Morgan fingerprint density at radius 1 is 1.06 bits per heavy atom. The SMILES string of the molecule is COc1ncnc(Oc2ccccc2)c1F. The monoisotopic (exact) mass is 220 g/mol. The van der Waals surface area contributed by atoms with Gasteiger partial charge < -0.3 is 9.47 Å². The zero-order valence-corrected chi connectivity index (χ0v) is 8.55. The molecule has 1 heterocycles. The zero-order chi connectivity index (χ0) is 11.4. The van der Waals surface area contributed by atoms with Crippen LogP contribution in [0.3, 0.4) is 0 Å². The van der Waals surface area contributed by atoms with Crippen LogP contribution in [0.15, 0.2) is 36.7 Å². The average molecular weight is 220 g/mol. The van der Waals surface area contributed by atoms with E-state index in [0.717, 1.165) is 0 Å². The number of hydrogen-bond acceptors (Lipinski definition) is 4. The molecule has 2 rings (SSSR count). The van der Waals surface area contributed by atoms with E-state index < -0.39 is 5.82 Å². The summed E-state index contributed by atoms with van der Waals surface area (Å²) in [6, 6.07) is 8.81. The van der Waals surface area contributed by atoms with Crippen molar-refractivity contribution in [3.63, 3.8) is 0 Å². The molecule has 0 unspecified atom stereocenters. The molecule has 0 bridgehead atoms. The highest BCUT2D eigenvalue weighted by Crippen LogP contribution is 2.25. The minimum Gasteiger partial charge on any atom is -0.479 e. The number of benzene rings is 1. The van der Waals surface area contributed by atoms with Gasteiger partial charge in [0.1, 0.15) is 12.1 Å². The molecule has 82 valence electrons. The Labute approximate surface area is 91.7 Å². The average Bonchev–Trinajstić information content (AvgIpc) is 2.33. The molecule has 1 aromatic carbocycles. The van der Waals surface area contributed by atoms with Gasteiger partial charge in [0.05, 0.1) is 7.11 Å². The van der Waals surface area contributed by atoms with Crippen LogP contribution in [0.1, 0.15) is 0 Å². The normalized spacial score (nSPS) is 9.88. The van der Waals surface area contributed by atoms with Crippen LogP contribution in [0.4, 0.5) is 4.39 Å². The van der Waals surface area contributed by atoms with Gasteiger partial charge >= 0.3 is 0 Å². The van der Waals surface area contributed by atoms with Crippen molar-refractivity contribution >= 4 is 0 Å². The zero-order valence-electron chi connectivity index (χ0n) is 8.55. The Kier molecular flexibility index (Phi) is 2.95. The molecule has 16 heavy (non-hydrogen) atoms. The molecule has 0 atom stereocenters. The molecule has 0 aliphatic heterocycles. The van der Waals surface area contributed by atoms with Gasteiger partial charge in [-0.25, -0.2) is 0 Å². The number of nitrogens with zero attached hydrogens (tertiary/aromatic N) is 2. The summed E-state index contributed by atoms with van der Waals surface area (Å²) in [5.41, 5.74) is 0. The number of methoxy groups -OCH3 is 1. The molecule has 5 heteroatoms. The fourth-order valence-electron chi connectivity index (χ4n) is 1.15. The number of rotatable bonds is 3. The molecule has 0 fully saturated rings. The third kappa shape index (κ3) is 2.08. The molecule has 2 aromatic rings. The van der Waals surface area contributed by atoms with E-state index in [4.69, 9.17) is 9.47 Å². The van der Waals surface area contributed by atoms with Crippen LogP contribution >= 0.6 is 0 Å². The van der Waals surface area contributed by atoms with Gasteiger partial charge in [0.15, 0.2) is 0 Å². The van der Waals surface area contributed by atoms with Gasteiger partial charge in [-0.15, -0.1) is 0 Å². The molecule has 0 aliphatic carbocycles. The molecule has 1 aromatic heterocycles. The van der Waals surface area contributed by atoms with Crippen molar-refractivity contribution < 1.29 is 13.9 Å². The van der Waals surface area contributed by atoms with Crippen molar-refractivity contribution in [1.82, 2.24) is 9.97 Å². The number of ether oxygens (including phenoxy) is 2. The molecule has 0 aliphatic rings. The summed E-state index contributed by atoms with van der Waals surface area (Å²) in [6.07, 6.45) is 1.18. The van der Waals surface area contributed by atoms with E-state index in [1.807, 2.05) is 6.07 Å². The first kappa shape index (κ1) is 10.4. The predicted octanol–water partition coefficient (Wildman–Crippen LogP) is 2.42. The van der Waals surface area contributed by atoms with Crippen LogP contribution in [0.2, 0.25) is 0 Å². The van der Waals surface area contributed by atoms with Crippen LogP contribution < -0.4 is 9.47 Å². The Morgan fingerprint density at radius 3 is 2.44 bits per heavy atom. The van der Waals surface area contributed by atoms with Crippen molar-refractivity contribution in [2.45, 2.75) is 0 Å². The summed E-state index contributed by atoms with van der Waals surface area (Å²) in [4.78, 5) is 7.30. The van der Waals surface area contributed by atoms with Crippen LogP contribution in [0.5, 0.6) is 17.5 Å². The Bertz CT molecular complexity index is 477. The second kappa shape index (κ2) is 4.57. The van der Waals surface area contributed by atoms with E-state index in [2.05, 4.69) is 9.97 Å². The van der Waals surface area contributed by atoms with Crippen LogP contribution in [0.25, 0.3) is 0 Å². The van der Waals surface area contributed by atoms with E-state index in [-0.39, 0.29) is 11.8 Å². The summed E-state index contributed by atoms with van der Waals surface area (Å²) >= 11 is 0. The van der Waals surface area contributed by atoms with Gasteiger partial charge in [-0.1, -0.05) is 18.2 Å². The maximum absolute atomic E-state index is 13.6.